The molecule has 0 aliphatic heterocycles. The first-order valence-corrected chi connectivity index (χ1v) is 4.95. The maximum absolute atomic E-state index is 13.2. The first kappa shape index (κ1) is 11.4. The number of aromatic hydroxyl groups is 1. The van der Waals surface area contributed by atoms with E-state index >= 15 is 0 Å². The standard InChI is InChI=1S/C13H10F2O2/c1-17-12-5-3-2-4-9(12)8-6-10(14)13(15)11(16)7-8/h2-7,16H,1H3. The van der Waals surface area contributed by atoms with Gasteiger partial charge in [0.2, 0.25) is 0 Å². The van der Waals surface area contributed by atoms with Crippen LogP contribution in [0, 0.1) is 11.6 Å². The number of halogens is 2. The Kier molecular flexibility index (Phi) is 2.95. The molecule has 0 saturated carbocycles. The highest BCUT2D eigenvalue weighted by Crippen LogP contribution is 2.33. The number of hydrogen-bond donors (Lipinski definition) is 1. The Morgan fingerprint density at radius 1 is 1.12 bits per heavy atom. The average Bonchev–Trinajstić information content (AvgIpc) is 2.35. The molecule has 0 fully saturated rings. The van der Waals surface area contributed by atoms with Crippen LogP contribution in [0.2, 0.25) is 0 Å². The van der Waals surface area contributed by atoms with Crippen molar-refractivity contribution >= 4 is 0 Å². The van der Waals surface area contributed by atoms with Crippen LogP contribution in [-0.2, 0) is 0 Å². The van der Waals surface area contributed by atoms with Crippen LogP contribution >= 0.6 is 0 Å². The number of ether oxygens (including phenoxy) is 1. The van der Waals surface area contributed by atoms with E-state index in [-0.39, 0.29) is 0 Å². The first-order valence-electron chi connectivity index (χ1n) is 4.95. The van der Waals surface area contributed by atoms with Gasteiger partial charge in [0.15, 0.2) is 17.4 Å². The predicted molar refractivity (Wildman–Crippen MR) is 60.0 cm³/mol. The second kappa shape index (κ2) is 4.41. The molecule has 4 heteroatoms. The molecular weight excluding hydrogens is 226 g/mol. The van der Waals surface area contributed by atoms with E-state index in [0.717, 1.165) is 12.1 Å². The van der Waals surface area contributed by atoms with E-state index in [1.807, 2.05) is 0 Å². The van der Waals surface area contributed by atoms with Crippen LogP contribution in [0.25, 0.3) is 11.1 Å². The lowest BCUT2D eigenvalue weighted by molar-refractivity contribution is 0.406. The number of para-hydroxylation sites is 1. The third-order valence-corrected chi connectivity index (χ3v) is 2.43. The number of hydrogen-bond acceptors (Lipinski definition) is 2. The summed E-state index contributed by atoms with van der Waals surface area (Å²) >= 11 is 0. The second-order valence-corrected chi connectivity index (χ2v) is 3.49. The summed E-state index contributed by atoms with van der Waals surface area (Å²) in [6.45, 7) is 0. The zero-order chi connectivity index (χ0) is 12.4. The smallest absolute Gasteiger partial charge is 0.200 e. The van der Waals surface area contributed by atoms with Crippen molar-refractivity contribution in [2.24, 2.45) is 0 Å². The van der Waals surface area contributed by atoms with Gasteiger partial charge in [0, 0.05) is 5.56 Å². The molecule has 0 aliphatic carbocycles. The van der Waals surface area contributed by atoms with Gasteiger partial charge in [-0.15, -0.1) is 0 Å². The molecule has 2 rings (SSSR count). The summed E-state index contributed by atoms with van der Waals surface area (Å²) in [5, 5.41) is 9.25. The molecule has 0 unspecified atom stereocenters. The molecule has 2 aromatic rings. The highest BCUT2D eigenvalue weighted by atomic mass is 19.2. The molecule has 0 saturated heterocycles. The molecule has 0 heterocycles. The van der Waals surface area contributed by atoms with Gasteiger partial charge >= 0.3 is 0 Å². The van der Waals surface area contributed by atoms with Crippen molar-refractivity contribution in [3.8, 4) is 22.6 Å². The predicted octanol–water partition coefficient (Wildman–Crippen LogP) is 3.35. The Morgan fingerprint density at radius 2 is 1.82 bits per heavy atom. The SMILES string of the molecule is COc1ccccc1-c1cc(O)c(F)c(F)c1. The van der Waals surface area contributed by atoms with Gasteiger partial charge in [0.1, 0.15) is 5.75 Å². The molecule has 0 amide bonds. The summed E-state index contributed by atoms with van der Waals surface area (Å²) < 4.78 is 31.3. The fourth-order valence-corrected chi connectivity index (χ4v) is 1.61. The van der Waals surface area contributed by atoms with Gasteiger partial charge in [-0.25, -0.2) is 4.39 Å². The summed E-state index contributed by atoms with van der Waals surface area (Å²) in [5.74, 6) is -2.53. The third kappa shape index (κ3) is 2.06. The van der Waals surface area contributed by atoms with E-state index in [2.05, 4.69) is 0 Å². The molecule has 0 spiro atoms. The minimum atomic E-state index is -1.25. The van der Waals surface area contributed by atoms with Gasteiger partial charge in [0.05, 0.1) is 7.11 Å². The maximum atomic E-state index is 13.2. The summed E-state index contributed by atoms with van der Waals surface area (Å²) in [7, 11) is 1.48. The van der Waals surface area contributed by atoms with Crippen LogP contribution < -0.4 is 4.74 Å². The molecule has 88 valence electrons. The number of phenols is 1. The van der Waals surface area contributed by atoms with Crippen molar-refractivity contribution in [1.29, 1.82) is 0 Å². The number of methoxy groups -OCH3 is 1. The topological polar surface area (TPSA) is 29.5 Å². The van der Waals surface area contributed by atoms with E-state index < -0.39 is 17.4 Å². The molecule has 0 radical (unpaired) electrons. The highest BCUT2D eigenvalue weighted by molar-refractivity contribution is 5.71. The lowest BCUT2D eigenvalue weighted by Gasteiger charge is -2.09. The fraction of sp³-hybridized carbons (Fsp3) is 0.0769. The van der Waals surface area contributed by atoms with Crippen molar-refractivity contribution in [3.05, 3.63) is 48.0 Å². The van der Waals surface area contributed by atoms with Crippen LogP contribution in [0.15, 0.2) is 36.4 Å². The van der Waals surface area contributed by atoms with E-state index in [9.17, 15) is 13.9 Å². The molecule has 2 nitrogen and oxygen atoms in total. The molecule has 0 aliphatic rings. The number of phenolic OH excluding ortho intramolecular Hbond substituents is 1. The lowest BCUT2D eigenvalue weighted by Crippen LogP contribution is -1.90. The molecule has 0 atom stereocenters. The van der Waals surface area contributed by atoms with E-state index in [1.54, 1.807) is 24.3 Å². The van der Waals surface area contributed by atoms with Gasteiger partial charge in [-0.3, -0.25) is 0 Å². The van der Waals surface area contributed by atoms with Crippen LogP contribution in [-0.4, -0.2) is 12.2 Å². The molecule has 0 bridgehead atoms. The Morgan fingerprint density at radius 3 is 2.47 bits per heavy atom. The zero-order valence-corrected chi connectivity index (χ0v) is 9.08. The number of rotatable bonds is 2. The van der Waals surface area contributed by atoms with E-state index in [1.165, 1.54) is 7.11 Å². The normalized spacial score (nSPS) is 10.3. The van der Waals surface area contributed by atoms with Gasteiger partial charge in [-0.1, -0.05) is 18.2 Å². The fourth-order valence-electron chi connectivity index (χ4n) is 1.61. The quantitative estimate of drug-likeness (QED) is 0.866. The van der Waals surface area contributed by atoms with Crippen LogP contribution in [0.3, 0.4) is 0 Å². The van der Waals surface area contributed by atoms with Crippen molar-refractivity contribution in [2.75, 3.05) is 7.11 Å². The monoisotopic (exact) mass is 236 g/mol. The minimum Gasteiger partial charge on any atom is -0.505 e. The maximum Gasteiger partial charge on any atom is 0.200 e. The van der Waals surface area contributed by atoms with Gasteiger partial charge in [0.25, 0.3) is 0 Å². The van der Waals surface area contributed by atoms with Crippen LogP contribution in [0.4, 0.5) is 8.78 Å². The summed E-state index contributed by atoms with van der Waals surface area (Å²) in [6, 6.07) is 9.10. The summed E-state index contributed by atoms with van der Waals surface area (Å²) in [5.41, 5.74) is 0.947. The highest BCUT2D eigenvalue weighted by Gasteiger charge is 2.13. The minimum absolute atomic E-state index is 0.360. The average molecular weight is 236 g/mol. The molecule has 17 heavy (non-hydrogen) atoms. The molecule has 1 N–H and O–H groups in total. The van der Waals surface area contributed by atoms with E-state index in [0.29, 0.717) is 16.9 Å². The molecule has 2 aromatic carbocycles. The van der Waals surface area contributed by atoms with Crippen LogP contribution in [0.1, 0.15) is 0 Å². The van der Waals surface area contributed by atoms with Gasteiger partial charge < -0.3 is 9.84 Å². The van der Waals surface area contributed by atoms with Gasteiger partial charge in [-0.05, 0) is 23.8 Å². The van der Waals surface area contributed by atoms with Crippen molar-refractivity contribution in [3.63, 3.8) is 0 Å². The first-order chi connectivity index (χ1) is 8.13. The van der Waals surface area contributed by atoms with Crippen molar-refractivity contribution in [2.45, 2.75) is 0 Å². The molecular formula is C13H10F2O2. The van der Waals surface area contributed by atoms with Crippen molar-refractivity contribution in [1.82, 2.24) is 0 Å². The second-order valence-electron chi connectivity index (χ2n) is 3.49. The van der Waals surface area contributed by atoms with Gasteiger partial charge in [-0.2, -0.15) is 4.39 Å². The van der Waals surface area contributed by atoms with E-state index in [4.69, 9.17) is 4.74 Å². The Hall–Kier alpha value is -2.10. The Bertz CT molecular complexity index is 530. The summed E-state index contributed by atoms with van der Waals surface area (Å²) in [6.07, 6.45) is 0. The zero-order valence-electron chi connectivity index (χ0n) is 9.08. The third-order valence-electron chi connectivity index (χ3n) is 2.43. The number of benzene rings is 2. The Labute approximate surface area is 97.1 Å². The largest absolute Gasteiger partial charge is 0.505 e. The lowest BCUT2D eigenvalue weighted by atomic mass is 10.0. The van der Waals surface area contributed by atoms with Crippen molar-refractivity contribution < 1.29 is 18.6 Å². The summed E-state index contributed by atoms with van der Waals surface area (Å²) in [4.78, 5) is 0. The Balaban J connectivity index is 2.61. The van der Waals surface area contributed by atoms with Crippen LogP contribution in [0.5, 0.6) is 11.5 Å². The molecule has 0 aromatic heterocycles.